The Kier molecular flexibility index (Phi) is 6.16. The lowest BCUT2D eigenvalue weighted by Crippen LogP contribution is -2.44. The molecule has 2 aliphatic heterocycles. The Bertz CT molecular complexity index is 719. The fourth-order valence-electron chi connectivity index (χ4n) is 3.70. The van der Waals surface area contributed by atoms with E-state index in [-0.39, 0.29) is 17.2 Å². The minimum Gasteiger partial charge on any atom is -0.339 e. The molecule has 0 radical (unpaired) electrons. The fraction of sp³-hybridized carbons (Fsp3) is 0.524. The maximum absolute atomic E-state index is 12.4. The summed E-state index contributed by atoms with van der Waals surface area (Å²) in [5.41, 5.74) is 1.25. The molecule has 1 aromatic rings. The molecule has 5 heteroatoms. The summed E-state index contributed by atoms with van der Waals surface area (Å²) in [4.78, 5) is 28.4. The summed E-state index contributed by atoms with van der Waals surface area (Å²) in [6, 6.07) is 2.01. The first-order chi connectivity index (χ1) is 12.6. The average molecular weight is 371 g/mol. The van der Waals surface area contributed by atoms with Gasteiger partial charge in [-0.2, -0.15) is 11.3 Å². The quantitative estimate of drug-likeness (QED) is 0.604. The Balaban J connectivity index is 1.50. The molecule has 0 bridgehead atoms. The number of carbonyl (C=O) groups excluding carboxylic acids is 2. The predicted molar refractivity (Wildman–Crippen MR) is 105 cm³/mol. The standard InChI is InChI=1S/C21H26N2O2S/c1-2-3-4-5-19(24)23-14-11-21(17-23)9-12-22(13-10-21)20(25)7-6-18-8-15-26-16-18/h6-8,15-16H,2-3,9-14,17H2,1H3/b7-6+. The van der Waals surface area contributed by atoms with Crippen LogP contribution in [0.15, 0.2) is 22.9 Å². The monoisotopic (exact) mass is 370 g/mol. The van der Waals surface area contributed by atoms with E-state index >= 15 is 0 Å². The van der Waals surface area contributed by atoms with Gasteiger partial charge in [0.15, 0.2) is 0 Å². The number of hydrogen-bond donors (Lipinski definition) is 0. The van der Waals surface area contributed by atoms with E-state index in [4.69, 9.17) is 0 Å². The van der Waals surface area contributed by atoms with Crippen molar-refractivity contribution in [3.8, 4) is 11.8 Å². The highest BCUT2D eigenvalue weighted by Crippen LogP contribution is 2.40. The van der Waals surface area contributed by atoms with Gasteiger partial charge >= 0.3 is 0 Å². The number of rotatable bonds is 3. The van der Waals surface area contributed by atoms with E-state index in [0.717, 1.165) is 63.8 Å². The number of amides is 2. The zero-order valence-corrected chi connectivity index (χ0v) is 16.2. The summed E-state index contributed by atoms with van der Waals surface area (Å²) in [6.45, 7) is 5.20. The third kappa shape index (κ3) is 4.56. The summed E-state index contributed by atoms with van der Waals surface area (Å²) >= 11 is 1.63. The van der Waals surface area contributed by atoms with E-state index in [9.17, 15) is 9.59 Å². The molecule has 2 fully saturated rings. The van der Waals surface area contributed by atoms with Crippen LogP contribution in [0.3, 0.4) is 0 Å². The van der Waals surface area contributed by atoms with Crippen molar-refractivity contribution in [3.63, 3.8) is 0 Å². The largest absolute Gasteiger partial charge is 0.339 e. The molecule has 2 aliphatic rings. The summed E-state index contributed by atoms with van der Waals surface area (Å²) in [5.74, 6) is 5.77. The van der Waals surface area contributed by atoms with Crippen LogP contribution in [0.25, 0.3) is 6.08 Å². The summed E-state index contributed by atoms with van der Waals surface area (Å²) < 4.78 is 0. The number of carbonyl (C=O) groups is 2. The van der Waals surface area contributed by atoms with E-state index < -0.39 is 0 Å². The number of thiophene rings is 1. The van der Waals surface area contributed by atoms with Gasteiger partial charge in [0.05, 0.1) is 0 Å². The smallest absolute Gasteiger partial charge is 0.298 e. The molecule has 138 valence electrons. The van der Waals surface area contributed by atoms with Gasteiger partial charge in [-0.25, -0.2) is 0 Å². The van der Waals surface area contributed by atoms with Crippen LogP contribution in [-0.2, 0) is 9.59 Å². The van der Waals surface area contributed by atoms with Crippen LogP contribution in [-0.4, -0.2) is 47.8 Å². The molecule has 2 amide bonds. The number of unbranched alkanes of at least 4 members (excludes halogenated alkanes) is 1. The third-order valence-electron chi connectivity index (χ3n) is 5.39. The van der Waals surface area contributed by atoms with Crippen LogP contribution in [0.2, 0.25) is 0 Å². The number of piperidine rings is 1. The van der Waals surface area contributed by atoms with Gasteiger partial charge in [-0.1, -0.05) is 12.8 Å². The Morgan fingerprint density at radius 1 is 1.23 bits per heavy atom. The van der Waals surface area contributed by atoms with Gasteiger partial charge in [-0.3, -0.25) is 9.59 Å². The van der Waals surface area contributed by atoms with E-state index in [2.05, 4.69) is 18.8 Å². The molecule has 3 heterocycles. The van der Waals surface area contributed by atoms with E-state index in [0.29, 0.717) is 0 Å². The van der Waals surface area contributed by atoms with Crippen molar-refractivity contribution in [2.45, 2.75) is 39.0 Å². The lowest BCUT2D eigenvalue weighted by Gasteiger charge is -2.38. The van der Waals surface area contributed by atoms with Crippen LogP contribution in [0.5, 0.6) is 0 Å². The Labute approximate surface area is 159 Å². The molecule has 0 aliphatic carbocycles. The minimum absolute atomic E-state index is 0.0347. The Morgan fingerprint density at radius 3 is 2.62 bits per heavy atom. The molecular formula is C21H26N2O2S. The molecule has 3 rings (SSSR count). The van der Waals surface area contributed by atoms with Crippen molar-refractivity contribution in [3.05, 3.63) is 28.5 Å². The van der Waals surface area contributed by atoms with Crippen LogP contribution >= 0.6 is 11.3 Å². The molecule has 0 N–H and O–H groups in total. The number of likely N-dealkylation sites (tertiary alicyclic amines) is 2. The molecule has 1 spiro atoms. The van der Waals surface area contributed by atoms with E-state index in [1.54, 1.807) is 17.4 Å². The Morgan fingerprint density at radius 2 is 1.96 bits per heavy atom. The lowest BCUT2D eigenvalue weighted by molar-refractivity contribution is -0.129. The highest BCUT2D eigenvalue weighted by Gasteiger charge is 2.42. The average Bonchev–Trinajstić information content (AvgIpc) is 3.31. The lowest BCUT2D eigenvalue weighted by atomic mass is 9.78. The SMILES string of the molecule is CCCC#CC(=O)N1CCC2(CCN(C(=O)/C=C/c3ccsc3)CC2)C1. The summed E-state index contributed by atoms with van der Waals surface area (Å²) in [6.07, 6.45) is 8.28. The molecule has 2 saturated heterocycles. The van der Waals surface area contributed by atoms with Gasteiger partial charge in [-0.15, -0.1) is 0 Å². The molecule has 0 saturated carbocycles. The molecule has 1 aromatic heterocycles. The zero-order valence-electron chi connectivity index (χ0n) is 15.4. The van der Waals surface area contributed by atoms with Crippen molar-refractivity contribution in [1.82, 2.24) is 9.80 Å². The topological polar surface area (TPSA) is 40.6 Å². The summed E-state index contributed by atoms with van der Waals surface area (Å²) in [5, 5.41) is 4.04. The first-order valence-electron chi connectivity index (χ1n) is 9.39. The van der Waals surface area contributed by atoms with E-state index in [1.807, 2.05) is 32.7 Å². The zero-order chi connectivity index (χ0) is 18.4. The second kappa shape index (κ2) is 8.55. The number of hydrogen-bond acceptors (Lipinski definition) is 3. The molecule has 4 nitrogen and oxygen atoms in total. The highest BCUT2D eigenvalue weighted by atomic mass is 32.1. The maximum Gasteiger partial charge on any atom is 0.298 e. The van der Waals surface area contributed by atoms with Gasteiger partial charge in [0.2, 0.25) is 5.91 Å². The van der Waals surface area contributed by atoms with Crippen molar-refractivity contribution in [2.75, 3.05) is 26.2 Å². The minimum atomic E-state index is -0.0347. The second-order valence-corrected chi connectivity index (χ2v) is 8.02. The van der Waals surface area contributed by atoms with Crippen LogP contribution in [0.4, 0.5) is 0 Å². The van der Waals surface area contributed by atoms with Crippen molar-refractivity contribution >= 4 is 29.2 Å². The highest BCUT2D eigenvalue weighted by molar-refractivity contribution is 7.08. The normalized spacial score (nSPS) is 19.0. The van der Waals surface area contributed by atoms with Gasteiger partial charge in [0, 0.05) is 38.7 Å². The molecule has 26 heavy (non-hydrogen) atoms. The second-order valence-electron chi connectivity index (χ2n) is 7.24. The molecule has 0 atom stereocenters. The van der Waals surface area contributed by atoms with Crippen LogP contribution in [0.1, 0.15) is 44.6 Å². The Hall–Kier alpha value is -2.06. The van der Waals surface area contributed by atoms with Gasteiger partial charge in [-0.05, 0) is 65.5 Å². The van der Waals surface area contributed by atoms with Crippen molar-refractivity contribution in [2.24, 2.45) is 5.41 Å². The van der Waals surface area contributed by atoms with Crippen molar-refractivity contribution < 1.29 is 9.59 Å². The number of nitrogens with zero attached hydrogens (tertiary/aromatic N) is 2. The molecule has 0 unspecified atom stereocenters. The maximum atomic E-state index is 12.4. The van der Waals surface area contributed by atoms with Gasteiger partial charge in [0.1, 0.15) is 0 Å². The van der Waals surface area contributed by atoms with Crippen LogP contribution in [0, 0.1) is 17.3 Å². The first kappa shape index (κ1) is 18.7. The third-order valence-corrected chi connectivity index (χ3v) is 6.09. The van der Waals surface area contributed by atoms with Gasteiger partial charge < -0.3 is 9.80 Å². The fourth-order valence-corrected chi connectivity index (χ4v) is 4.33. The van der Waals surface area contributed by atoms with Crippen LogP contribution < -0.4 is 0 Å². The summed E-state index contributed by atoms with van der Waals surface area (Å²) in [7, 11) is 0. The molecule has 0 aromatic carbocycles. The molecular weight excluding hydrogens is 344 g/mol. The first-order valence-corrected chi connectivity index (χ1v) is 10.3. The predicted octanol–water partition coefficient (Wildman–Crippen LogP) is 3.41. The van der Waals surface area contributed by atoms with E-state index in [1.165, 1.54) is 0 Å². The van der Waals surface area contributed by atoms with Gasteiger partial charge in [0.25, 0.3) is 5.91 Å². The van der Waals surface area contributed by atoms with Crippen molar-refractivity contribution in [1.29, 1.82) is 0 Å².